The van der Waals surface area contributed by atoms with Crippen molar-refractivity contribution < 1.29 is 0 Å². The van der Waals surface area contributed by atoms with Gasteiger partial charge in [0.15, 0.2) is 0 Å². The minimum absolute atomic E-state index is 0. The fourth-order valence-electron chi connectivity index (χ4n) is 1.18. The normalized spacial score (nSPS) is 19.7. The smallest absolute Gasteiger partial charge is 0.00159 e. The lowest BCUT2D eigenvalue weighted by Gasteiger charge is -2.15. The van der Waals surface area contributed by atoms with Crippen molar-refractivity contribution in [3.63, 3.8) is 0 Å². The summed E-state index contributed by atoms with van der Waals surface area (Å²) in [4.78, 5) is 2.49. The van der Waals surface area contributed by atoms with Crippen LogP contribution in [0.2, 0.25) is 0 Å². The van der Waals surface area contributed by atoms with Crippen LogP contribution in [0.3, 0.4) is 0 Å². The van der Waals surface area contributed by atoms with Gasteiger partial charge in [-0.3, -0.25) is 0 Å². The van der Waals surface area contributed by atoms with E-state index in [4.69, 9.17) is 0 Å². The molecule has 0 amide bonds. The standard InChI is InChI=1S/C8H15N.H2S/c1-2-9-7-5-3-4-6-8-9;/h3-4H,2,5-8H2,1H3;1H2. The van der Waals surface area contributed by atoms with Crippen LogP contribution in [0.5, 0.6) is 0 Å². The van der Waals surface area contributed by atoms with Crippen molar-refractivity contribution in [2.24, 2.45) is 0 Å². The first-order valence-electron chi connectivity index (χ1n) is 3.81. The van der Waals surface area contributed by atoms with Gasteiger partial charge in [-0.05, 0) is 19.4 Å². The highest BCUT2D eigenvalue weighted by Crippen LogP contribution is 2.00. The minimum Gasteiger partial charge on any atom is -0.303 e. The third-order valence-electron chi connectivity index (χ3n) is 1.84. The Kier molecular flexibility index (Phi) is 5.84. The van der Waals surface area contributed by atoms with Crippen LogP contribution in [0.25, 0.3) is 0 Å². The molecule has 0 bridgehead atoms. The van der Waals surface area contributed by atoms with Gasteiger partial charge in [0.2, 0.25) is 0 Å². The van der Waals surface area contributed by atoms with Crippen molar-refractivity contribution in [3.8, 4) is 0 Å². The highest BCUT2D eigenvalue weighted by atomic mass is 32.1. The number of nitrogens with zero attached hydrogens (tertiary/aromatic N) is 1. The minimum atomic E-state index is 0. The van der Waals surface area contributed by atoms with Gasteiger partial charge in [0, 0.05) is 13.1 Å². The van der Waals surface area contributed by atoms with Gasteiger partial charge in [0.05, 0.1) is 0 Å². The molecule has 0 aliphatic carbocycles. The molecule has 1 heterocycles. The lowest BCUT2D eigenvalue weighted by Crippen LogP contribution is -2.23. The van der Waals surface area contributed by atoms with Crippen LogP contribution in [0, 0.1) is 0 Å². The number of rotatable bonds is 1. The summed E-state index contributed by atoms with van der Waals surface area (Å²) in [6.07, 6.45) is 7.06. The molecule has 0 radical (unpaired) electrons. The molecule has 0 unspecified atom stereocenters. The van der Waals surface area contributed by atoms with Crippen LogP contribution in [0.15, 0.2) is 12.2 Å². The predicted octanol–water partition coefficient (Wildman–Crippen LogP) is 1.77. The summed E-state index contributed by atoms with van der Waals surface area (Å²) >= 11 is 0. The van der Waals surface area contributed by atoms with Gasteiger partial charge in [-0.15, -0.1) is 0 Å². The van der Waals surface area contributed by atoms with Crippen molar-refractivity contribution in [2.45, 2.75) is 19.8 Å². The summed E-state index contributed by atoms with van der Waals surface area (Å²) < 4.78 is 0. The van der Waals surface area contributed by atoms with Crippen LogP contribution >= 0.6 is 13.5 Å². The molecule has 0 aromatic heterocycles. The molecule has 0 saturated carbocycles. The largest absolute Gasteiger partial charge is 0.303 e. The third kappa shape index (κ3) is 3.28. The molecule has 0 spiro atoms. The van der Waals surface area contributed by atoms with E-state index >= 15 is 0 Å². The Morgan fingerprint density at radius 1 is 1.20 bits per heavy atom. The summed E-state index contributed by atoms with van der Waals surface area (Å²) in [5.41, 5.74) is 0. The quantitative estimate of drug-likeness (QED) is 0.527. The summed E-state index contributed by atoms with van der Waals surface area (Å²) in [7, 11) is 0. The van der Waals surface area contributed by atoms with Crippen molar-refractivity contribution in [3.05, 3.63) is 12.2 Å². The highest BCUT2D eigenvalue weighted by Gasteiger charge is 2.00. The van der Waals surface area contributed by atoms with E-state index < -0.39 is 0 Å². The average Bonchev–Trinajstić information content (AvgIpc) is 2.13. The van der Waals surface area contributed by atoms with Gasteiger partial charge in [-0.1, -0.05) is 19.1 Å². The molecule has 60 valence electrons. The lowest BCUT2D eigenvalue weighted by atomic mass is 10.4. The van der Waals surface area contributed by atoms with Crippen molar-refractivity contribution in [2.75, 3.05) is 19.6 Å². The molecule has 2 heteroatoms. The van der Waals surface area contributed by atoms with Crippen molar-refractivity contribution in [1.29, 1.82) is 0 Å². The summed E-state index contributed by atoms with van der Waals surface area (Å²) in [6.45, 7) is 5.95. The number of hydrogen-bond donors (Lipinski definition) is 0. The van der Waals surface area contributed by atoms with E-state index in [2.05, 4.69) is 24.0 Å². The maximum Gasteiger partial charge on any atom is 0.00159 e. The van der Waals surface area contributed by atoms with E-state index in [1.807, 2.05) is 0 Å². The molecule has 1 aliphatic heterocycles. The molecule has 1 aliphatic rings. The molecular weight excluding hydrogens is 142 g/mol. The Hall–Kier alpha value is 0.0500. The van der Waals surface area contributed by atoms with E-state index in [0.29, 0.717) is 0 Å². The van der Waals surface area contributed by atoms with Crippen LogP contribution in [-0.4, -0.2) is 24.5 Å². The van der Waals surface area contributed by atoms with Crippen LogP contribution in [-0.2, 0) is 0 Å². The van der Waals surface area contributed by atoms with Gasteiger partial charge in [-0.25, -0.2) is 0 Å². The summed E-state index contributed by atoms with van der Waals surface area (Å²) in [5.74, 6) is 0. The van der Waals surface area contributed by atoms with E-state index in [1.54, 1.807) is 0 Å². The van der Waals surface area contributed by atoms with Gasteiger partial charge in [0.25, 0.3) is 0 Å². The Morgan fingerprint density at radius 3 is 2.10 bits per heavy atom. The third-order valence-corrected chi connectivity index (χ3v) is 1.84. The molecule has 0 fully saturated rings. The summed E-state index contributed by atoms with van der Waals surface area (Å²) in [6, 6.07) is 0. The Labute approximate surface area is 70.6 Å². The molecule has 0 atom stereocenters. The summed E-state index contributed by atoms with van der Waals surface area (Å²) in [5, 5.41) is 0. The second-order valence-electron chi connectivity index (χ2n) is 2.48. The van der Waals surface area contributed by atoms with E-state index in [9.17, 15) is 0 Å². The Balaban J connectivity index is 0.000000810. The molecule has 0 saturated heterocycles. The maximum absolute atomic E-state index is 2.49. The van der Waals surface area contributed by atoms with Crippen LogP contribution in [0.1, 0.15) is 19.8 Å². The zero-order valence-corrected chi connectivity index (χ0v) is 7.64. The average molecular weight is 159 g/mol. The topological polar surface area (TPSA) is 3.24 Å². The first kappa shape index (κ1) is 10.0. The Bertz CT molecular complexity index is 91.4. The van der Waals surface area contributed by atoms with Crippen molar-refractivity contribution in [1.82, 2.24) is 4.90 Å². The fraction of sp³-hybridized carbons (Fsp3) is 0.750. The number of hydrogen-bond acceptors (Lipinski definition) is 1. The van der Waals surface area contributed by atoms with Crippen molar-refractivity contribution >= 4 is 13.5 Å². The molecule has 1 rings (SSSR count). The van der Waals surface area contributed by atoms with E-state index in [1.165, 1.54) is 32.5 Å². The second kappa shape index (κ2) is 5.81. The van der Waals surface area contributed by atoms with Gasteiger partial charge < -0.3 is 4.90 Å². The van der Waals surface area contributed by atoms with E-state index in [0.717, 1.165) is 0 Å². The second-order valence-corrected chi connectivity index (χ2v) is 2.48. The zero-order chi connectivity index (χ0) is 6.53. The molecule has 0 aromatic rings. The van der Waals surface area contributed by atoms with Gasteiger partial charge in [-0.2, -0.15) is 13.5 Å². The fourth-order valence-corrected chi connectivity index (χ4v) is 1.18. The monoisotopic (exact) mass is 159 g/mol. The van der Waals surface area contributed by atoms with Gasteiger partial charge >= 0.3 is 0 Å². The lowest BCUT2D eigenvalue weighted by molar-refractivity contribution is 0.305. The van der Waals surface area contributed by atoms with Gasteiger partial charge in [0.1, 0.15) is 0 Å². The molecule has 0 N–H and O–H groups in total. The Morgan fingerprint density at radius 2 is 1.70 bits per heavy atom. The zero-order valence-electron chi connectivity index (χ0n) is 6.64. The maximum atomic E-state index is 2.49. The highest BCUT2D eigenvalue weighted by molar-refractivity contribution is 7.59. The SMILES string of the molecule is CCN1CCC=CCC1.S. The van der Waals surface area contributed by atoms with Crippen LogP contribution < -0.4 is 0 Å². The van der Waals surface area contributed by atoms with E-state index in [-0.39, 0.29) is 13.5 Å². The molecule has 1 nitrogen and oxygen atoms in total. The molecule has 0 aromatic carbocycles. The first-order valence-corrected chi connectivity index (χ1v) is 3.81. The predicted molar refractivity (Wildman–Crippen MR) is 50.9 cm³/mol. The van der Waals surface area contributed by atoms with Crippen LogP contribution in [0.4, 0.5) is 0 Å². The molecule has 10 heavy (non-hydrogen) atoms. The first-order chi connectivity index (χ1) is 4.43. The molecular formula is C8H17NS.